The molecule has 0 aliphatic carbocycles. The van der Waals surface area contributed by atoms with Gasteiger partial charge < -0.3 is 9.32 Å². The predicted octanol–water partition coefficient (Wildman–Crippen LogP) is 5.80. The zero-order valence-corrected chi connectivity index (χ0v) is 17.4. The van der Waals surface area contributed by atoms with Crippen molar-refractivity contribution in [2.45, 2.75) is 0 Å². The van der Waals surface area contributed by atoms with Crippen LogP contribution in [0.25, 0.3) is 39.8 Å². The van der Waals surface area contributed by atoms with Crippen LogP contribution in [0.1, 0.15) is 11.1 Å². The van der Waals surface area contributed by atoms with Crippen molar-refractivity contribution < 1.29 is 9.21 Å². The molecule has 0 radical (unpaired) electrons. The Bertz CT molecular complexity index is 1480. The molecule has 5 heteroatoms. The van der Waals surface area contributed by atoms with E-state index in [1.165, 1.54) is 0 Å². The molecule has 32 heavy (non-hydrogen) atoms. The second-order valence-corrected chi connectivity index (χ2v) is 7.80. The van der Waals surface area contributed by atoms with E-state index in [2.05, 4.69) is 0 Å². The summed E-state index contributed by atoms with van der Waals surface area (Å²) in [7, 11) is 1.80. The van der Waals surface area contributed by atoms with Gasteiger partial charge in [-0.3, -0.25) is 4.79 Å². The summed E-state index contributed by atoms with van der Waals surface area (Å²) in [5.41, 5.74) is 5.72. The van der Waals surface area contributed by atoms with Gasteiger partial charge >= 0.3 is 0 Å². The Balaban J connectivity index is 1.56. The smallest absolute Gasteiger partial charge is 0.258 e. The number of fused-ring (bicyclic) bond motifs is 2. The first-order valence-corrected chi connectivity index (χ1v) is 10.4. The van der Waals surface area contributed by atoms with Crippen LogP contribution in [0, 0.1) is 0 Å². The van der Waals surface area contributed by atoms with E-state index in [1.54, 1.807) is 11.9 Å². The standard InChI is InChI=1S/C27H19N3O2/c1-29-23-13-7-6-12-21(23)22(27(29)31)15-19-17-30(20-10-3-2-4-11-20)28-26(19)25-16-18-9-5-8-14-24(18)32-25/h2-17H,1H3. The molecule has 0 atom stereocenters. The second-order valence-electron chi connectivity index (χ2n) is 7.80. The van der Waals surface area contributed by atoms with E-state index in [4.69, 9.17) is 9.52 Å². The van der Waals surface area contributed by atoms with Gasteiger partial charge in [0.15, 0.2) is 5.76 Å². The van der Waals surface area contributed by atoms with Crippen LogP contribution < -0.4 is 4.90 Å². The molecule has 0 unspecified atom stereocenters. The van der Waals surface area contributed by atoms with Gasteiger partial charge in [0.1, 0.15) is 11.3 Å². The number of para-hydroxylation sites is 3. The highest BCUT2D eigenvalue weighted by molar-refractivity contribution is 6.35. The number of hydrogen-bond donors (Lipinski definition) is 0. The fourth-order valence-corrected chi connectivity index (χ4v) is 4.19. The molecule has 5 aromatic rings. The van der Waals surface area contributed by atoms with Crippen LogP contribution in [0.15, 0.2) is 95.5 Å². The molecule has 0 saturated carbocycles. The van der Waals surface area contributed by atoms with Crippen molar-refractivity contribution in [2.75, 3.05) is 11.9 Å². The number of carbonyl (C=O) groups excluding carboxylic acids is 1. The van der Waals surface area contributed by atoms with Crippen LogP contribution in [0.3, 0.4) is 0 Å². The molecule has 0 spiro atoms. The van der Waals surface area contributed by atoms with E-state index in [-0.39, 0.29) is 5.91 Å². The number of hydrogen-bond acceptors (Lipinski definition) is 3. The summed E-state index contributed by atoms with van der Waals surface area (Å²) in [6.45, 7) is 0. The molecule has 6 rings (SSSR count). The van der Waals surface area contributed by atoms with Crippen molar-refractivity contribution in [1.29, 1.82) is 0 Å². The topological polar surface area (TPSA) is 51.3 Å². The van der Waals surface area contributed by atoms with Crippen molar-refractivity contribution in [2.24, 2.45) is 0 Å². The molecule has 0 fully saturated rings. The number of carbonyl (C=O) groups is 1. The maximum absolute atomic E-state index is 13.0. The molecule has 154 valence electrons. The summed E-state index contributed by atoms with van der Waals surface area (Å²) < 4.78 is 7.95. The maximum Gasteiger partial charge on any atom is 0.258 e. The Kier molecular flexibility index (Phi) is 4.08. The number of benzene rings is 3. The van der Waals surface area contributed by atoms with Gasteiger partial charge in [0, 0.05) is 35.3 Å². The number of rotatable bonds is 3. The van der Waals surface area contributed by atoms with Crippen molar-refractivity contribution in [3.05, 3.63) is 102 Å². The van der Waals surface area contributed by atoms with Crippen molar-refractivity contribution in [3.63, 3.8) is 0 Å². The van der Waals surface area contributed by atoms with Gasteiger partial charge in [0.2, 0.25) is 0 Å². The third-order valence-corrected chi connectivity index (χ3v) is 5.81. The molecule has 3 aromatic carbocycles. The Morgan fingerprint density at radius 1 is 0.906 bits per heavy atom. The highest BCUT2D eigenvalue weighted by Gasteiger charge is 2.30. The molecule has 2 aromatic heterocycles. The molecular formula is C27H19N3O2. The zero-order chi connectivity index (χ0) is 21.7. The number of amides is 1. The first-order valence-electron chi connectivity index (χ1n) is 10.4. The summed E-state index contributed by atoms with van der Waals surface area (Å²) in [5.74, 6) is 0.633. The SMILES string of the molecule is CN1C(=O)C(=Cc2cn(-c3ccccc3)nc2-c2cc3ccccc3o2)c2ccccc21. The molecule has 1 aliphatic rings. The Hall–Kier alpha value is -4.38. The Morgan fingerprint density at radius 3 is 2.50 bits per heavy atom. The largest absolute Gasteiger partial charge is 0.454 e. The fourth-order valence-electron chi connectivity index (χ4n) is 4.19. The number of furan rings is 1. The molecule has 1 aliphatic heterocycles. The van der Waals surface area contributed by atoms with E-state index >= 15 is 0 Å². The van der Waals surface area contributed by atoms with Crippen molar-refractivity contribution in [3.8, 4) is 17.1 Å². The highest BCUT2D eigenvalue weighted by Crippen LogP contribution is 2.38. The predicted molar refractivity (Wildman–Crippen MR) is 126 cm³/mol. The van der Waals surface area contributed by atoms with Crippen LogP contribution in [-0.4, -0.2) is 22.7 Å². The van der Waals surface area contributed by atoms with Crippen LogP contribution in [0.5, 0.6) is 0 Å². The first-order chi connectivity index (χ1) is 15.7. The summed E-state index contributed by atoms with van der Waals surface area (Å²) in [5, 5.41) is 5.85. The quantitative estimate of drug-likeness (QED) is 0.349. The molecule has 0 N–H and O–H groups in total. The minimum Gasteiger partial charge on any atom is -0.454 e. The Labute approximate surface area is 184 Å². The minimum absolute atomic E-state index is 0.0331. The van der Waals surface area contributed by atoms with Crippen LogP contribution in [-0.2, 0) is 4.79 Å². The lowest BCUT2D eigenvalue weighted by Crippen LogP contribution is -2.20. The van der Waals surface area contributed by atoms with Gasteiger partial charge in [-0.15, -0.1) is 0 Å². The lowest BCUT2D eigenvalue weighted by Gasteiger charge is -2.07. The zero-order valence-electron chi connectivity index (χ0n) is 17.4. The fraction of sp³-hybridized carbons (Fsp3) is 0.0370. The number of nitrogens with zero attached hydrogens (tertiary/aromatic N) is 3. The summed E-state index contributed by atoms with van der Waals surface area (Å²) >= 11 is 0. The van der Waals surface area contributed by atoms with Gasteiger partial charge in [0.05, 0.1) is 11.4 Å². The number of aromatic nitrogens is 2. The van der Waals surface area contributed by atoms with Crippen molar-refractivity contribution >= 4 is 34.2 Å². The molecule has 1 amide bonds. The van der Waals surface area contributed by atoms with Gasteiger partial charge in [-0.1, -0.05) is 54.6 Å². The van der Waals surface area contributed by atoms with Crippen molar-refractivity contribution in [1.82, 2.24) is 9.78 Å². The third kappa shape index (κ3) is 2.87. The normalized spacial score (nSPS) is 14.5. The maximum atomic E-state index is 13.0. The monoisotopic (exact) mass is 417 g/mol. The van der Waals surface area contributed by atoms with E-state index in [0.717, 1.165) is 33.5 Å². The lowest BCUT2D eigenvalue weighted by atomic mass is 10.0. The number of anilines is 1. The third-order valence-electron chi connectivity index (χ3n) is 5.81. The molecule has 0 saturated heterocycles. The number of likely N-dealkylation sites (N-methyl/N-ethyl adjacent to an activating group) is 1. The van der Waals surface area contributed by atoms with Crippen LogP contribution in [0.2, 0.25) is 0 Å². The second kappa shape index (κ2) is 7.10. The summed E-state index contributed by atoms with van der Waals surface area (Å²) in [6, 6.07) is 27.6. The lowest BCUT2D eigenvalue weighted by molar-refractivity contribution is -0.112. The van der Waals surface area contributed by atoms with E-state index in [0.29, 0.717) is 17.0 Å². The van der Waals surface area contributed by atoms with E-state index in [9.17, 15) is 4.79 Å². The van der Waals surface area contributed by atoms with E-state index in [1.807, 2.05) is 102 Å². The summed E-state index contributed by atoms with van der Waals surface area (Å²) in [6.07, 6.45) is 3.86. The van der Waals surface area contributed by atoms with Crippen LogP contribution in [0.4, 0.5) is 5.69 Å². The van der Waals surface area contributed by atoms with E-state index < -0.39 is 0 Å². The first kappa shape index (κ1) is 18.4. The minimum atomic E-state index is -0.0331. The molecule has 3 heterocycles. The molecule has 5 nitrogen and oxygen atoms in total. The Morgan fingerprint density at radius 2 is 1.66 bits per heavy atom. The van der Waals surface area contributed by atoms with Gasteiger partial charge in [-0.25, -0.2) is 4.68 Å². The summed E-state index contributed by atoms with van der Waals surface area (Å²) in [4.78, 5) is 14.7. The van der Waals surface area contributed by atoms with Gasteiger partial charge in [0.25, 0.3) is 5.91 Å². The van der Waals surface area contributed by atoms with Gasteiger partial charge in [-0.05, 0) is 36.4 Å². The van der Waals surface area contributed by atoms with Crippen LogP contribution >= 0.6 is 0 Å². The highest BCUT2D eigenvalue weighted by atomic mass is 16.3. The molecular weight excluding hydrogens is 398 g/mol. The van der Waals surface area contributed by atoms with Gasteiger partial charge in [-0.2, -0.15) is 5.10 Å². The molecule has 0 bridgehead atoms. The average Bonchev–Trinajstić information content (AvgIpc) is 3.51. The average molecular weight is 417 g/mol.